The fourth-order valence-electron chi connectivity index (χ4n) is 0.365. The van der Waals surface area contributed by atoms with Crippen LogP contribution in [0.4, 0.5) is 0 Å². The van der Waals surface area contributed by atoms with E-state index in [9.17, 15) is 4.79 Å². The Morgan fingerprint density at radius 3 is 2.30 bits per heavy atom. The van der Waals surface area contributed by atoms with Crippen molar-refractivity contribution in [3.8, 4) is 0 Å². The van der Waals surface area contributed by atoms with E-state index >= 15 is 0 Å². The zero-order valence-corrected chi connectivity index (χ0v) is 6.53. The first kappa shape index (κ1) is 9.14. The minimum absolute atomic E-state index is 0.321. The van der Waals surface area contributed by atoms with Crippen LogP contribution in [0.2, 0.25) is 0 Å². The lowest BCUT2D eigenvalue weighted by Crippen LogP contribution is -2.13. The summed E-state index contributed by atoms with van der Waals surface area (Å²) < 4.78 is 0. The second-order valence-corrected chi connectivity index (χ2v) is 2.56. The topological polar surface area (TPSA) is 49.7 Å². The van der Waals surface area contributed by atoms with E-state index in [2.05, 4.69) is 4.99 Å². The zero-order valence-electron chi connectivity index (χ0n) is 6.53. The standard InChI is InChI=1S/C7H13NO2/c1-5(2)4-8-6(3)7(9)10/h4-6H,1-3H3,(H,9,10). The number of hydrogen-bond donors (Lipinski definition) is 1. The summed E-state index contributed by atoms with van der Waals surface area (Å²) in [7, 11) is 0. The number of carboxylic acid groups (broad SMARTS) is 1. The van der Waals surface area contributed by atoms with Gasteiger partial charge in [-0.1, -0.05) is 13.8 Å². The molecule has 10 heavy (non-hydrogen) atoms. The van der Waals surface area contributed by atoms with E-state index in [0.717, 1.165) is 0 Å². The quantitative estimate of drug-likeness (QED) is 0.603. The molecule has 0 aromatic carbocycles. The Bertz CT molecular complexity index is 141. The van der Waals surface area contributed by atoms with Gasteiger partial charge in [-0.15, -0.1) is 0 Å². The van der Waals surface area contributed by atoms with Crippen LogP contribution >= 0.6 is 0 Å². The first-order valence-corrected chi connectivity index (χ1v) is 3.30. The Balaban J connectivity index is 3.77. The molecular weight excluding hydrogens is 130 g/mol. The lowest BCUT2D eigenvalue weighted by atomic mass is 10.2. The van der Waals surface area contributed by atoms with Crippen molar-refractivity contribution in [2.45, 2.75) is 26.8 Å². The van der Waals surface area contributed by atoms with Gasteiger partial charge in [0.1, 0.15) is 6.04 Å². The molecule has 0 rings (SSSR count). The molecule has 0 aromatic rings. The van der Waals surface area contributed by atoms with Crippen molar-refractivity contribution < 1.29 is 9.90 Å². The molecule has 0 aromatic heterocycles. The Hall–Kier alpha value is -0.860. The molecule has 0 fully saturated rings. The molecule has 0 aliphatic heterocycles. The number of aliphatic carboxylic acids is 1. The Labute approximate surface area is 60.8 Å². The SMILES string of the molecule is CC(C)C=NC(C)C(=O)O. The highest BCUT2D eigenvalue weighted by atomic mass is 16.4. The maximum absolute atomic E-state index is 10.2. The summed E-state index contributed by atoms with van der Waals surface area (Å²) in [5, 5.41) is 8.38. The highest BCUT2D eigenvalue weighted by molar-refractivity contribution is 5.75. The van der Waals surface area contributed by atoms with Gasteiger partial charge in [-0.3, -0.25) is 4.99 Å². The third-order valence-corrected chi connectivity index (χ3v) is 0.965. The van der Waals surface area contributed by atoms with E-state index in [1.54, 1.807) is 13.1 Å². The van der Waals surface area contributed by atoms with Crippen molar-refractivity contribution in [1.82, 2.24) is 0 Å². The summed E-state index contributed by atoms with van der Waals surface area (Å²) in [5.74, 6) is -0.557. The predicted molar refractivity (Wildman–Crippen MR) is 40.4 cm³/mol. The van der Waals surface area contributed by atoms with Gasteiger partial charge < -0.3 is 5.11 Å². The molecule has 1 unspecified atom stereocenters. The molecular formula is C7H13NO2. The third kappa shape index (κ3) is 4.06. The second kappa shape index (κ2) is 4.04. The summed E-state index contributed by atoms with van der Waals surface area (Å²) in [6.07, 6.45) is 1.65. The number of carbonyl (C=O) groups is 1. The predicted octanol–water partition coefficient (Wildman–Crippen LogP) is 1.19. The third-order valence-electron chi connectivity index (χ3n) is 0.965. The van der Waals surface area contributed by atoms with Crippen molar-refractivity contribution in [2.75, 3.05) is 0 Å². The van der Waals surface area contributed by atoms with Crippen LogP contribution in [0.3, 0.4) is 0 Å². The van der Waals surface area contributed by atoms with E-state index in [1.807, 2.05) is 13.8 Å². The van der Waals surface area contributed by atoms with Crippen molar-refractivity contribution >= 4 is 12.2 Å². The molecule has 0 aliphatic rings. The van der Waals surface area contributed by atoms with Crippen LogP contribution in [-0.2, 0) is 4.79 Å². The van der Waals surface area contributed by atoms with Crippen molar-refractivity contribution in [1.29, 1.82) is 0 Å². The molecule has 0 saturated carbocycles. The van der Waals surface area contributed by atoms with Crippen LogP contribution in [0.15, 0.2) is 4.99 Å². The van der Waals surface area contributed by atoms with Crippen molar-refractivity contribution in [3.05, 3.63) is 0 Å². The summed E-state index contributed by atoms with van der Waals surface area (Å²) >= 11 is 0. The monoisotopic (exact) mass is 143 g/mol. The lowest BCUT2D eigenvalue weighted by Gasteiger charge is -1.98. The van der Waals surface area contributed by atoms with E-state index in [1.165, 1.54) is 0 Å². The van der Waals surface area contributed by atoms with Crippen LogP contribution < -0.4 is 0 Å². The summed E-state index contributed by atoms with van der Waals surface area (Å²) in [6.45, 7) is 5.47. The maximum Gasteiger partial charge on any atom is 0.328 e. The average molecular weight is 143 g/mol. The molecule has 3 heteroatoms. The van der Waals surface area contributed by atoms with Crippen LogP contribution in [0.25, 0.3) is 0 Å². The molecule has 0 amide bonds. The molecule has 0 spiro atoms. The summed E-state index contributed by atoms with van der Waals surface area (Å²) in [5.41, 5.74) is 0. The average Bonchev–Trinajstić information content (AvgIpc) is 1.82. The van der Waals surface area contributed by atoms with Gasteiger partial charge in [0.15, 0.2) is 0 Å². The first-order valence-electron chi connectivity index (χ1n) is 3.30. The Morgan fingerprint density at radius 2 is 2.00 bits per heavy atom. The van der Waals surface area contributed by atoms with Crippen LogP contribution in [0.1, 0.15) is 20.8 Å². The second-order valence-electron chi connectivity index (χ2n) is 2.56. The van der Waals surface area contributed by atoms with Crippen LogP contribution in [0.5, 0.6) is 0 Å². The highest BCUT2D eigenvalue weighted by Gasteiger charge is 2.05. The molecule has 0 saturated heterocycles. The Kier molecular flexibility index (Phi) is 3.69. The molecule has 0 bridgehead atoms. The fourth-order valence-corrected chi connectivity index (χ4v) is 0.365. The summed E-state index contributed by atoms with van der Waals surface area (Å²) in [4.78, 5) is 14.0. The van der Waals surface area contributed by atoms with E-state index in [0.29, 0.717) is 5.92 Å². The molecule has 1 atom stereocenters. The fraction of sp³-hybridized carbons (Fsp3) is 0.714. The minimum Gasteiger partial charge on any atom is -0.480 e. The number of carboxylic acids is 1. The zero-order chi connectivity index (χ0) is 8.15. The van der Waals surface area contributed by atoms with Gasteiger partial charge in [-0.25, -0.2) is 4.79 Å². The van der Waals surface area contributed by atoms with Gasteiger partial charge in [0.25, 0.3) is 0 Å². The summed E-state index contributed by atoms with van der Waals surface area (Å²) in [6, 6.07) is -0.609. The van der Waals surface area contributed by atoms with Crippen LogP contribution in [-0.4, -0.2) is 23.3 Å². The molecule has 0 heterocycles. The molecule has 58 valence electrons. The van der Waals surface area contributed by atoms with E-state index < -0.39 is 12.0 Å². The highest BCUT2D eigenvalue weighted by Crippen LogP contribution is 1.91. The van der Waals surface area contributed by atoms with Gasteiger partial charge in [-0.2, -0.15) is 0 Å². The van der Waals surface area contributed by atoms with Gasteiger partial charge in [0.05, 0.1) is 0 Å². The molecule has 0 aliphatic carbocycles. The van der Waals surface area contributed by atoms with Gasteiger partial charge in [-0.05, 0) is 12.8 Å². The van der Waals surface area contributed by atoms with E-state index in [4.69, 9.17) is 5.11 Å². The Morgan fingerprint density at radius 1 is 1.50 bits per heavy atom. The largest absolute Gasteiger partial charge is 0.480 e. The van der Waals surface area contributed by atoms with E-state index in [-0.39, 0.29) is 0 Å². The normalized spacial score (nSPS) is 14.4. The lowest BCUT2D eigenvalue weighted by molar-refractivity contribution is -0.137. The number of aliphatic imine (C=N–C) groups is 1. The van der Waals surface area contributed by atoms with Gasteiger partial charge in [0.2, 0.25) is 0 Å². The maximum atomic E-state index is 10.2. The number of nitrogens with zero attached hydrogens (tertiary/aromatic N) is 1. The van der Waals surface area contributed by atoms with Gasteiger partial charge >= 0.3 is 5.97 Å². The number of rotatable bonds is 3. The van der Waals surface area contributed by atoms with Gasteiger partial charge in [0, 0.05) is 6.21 Å². The molecule has 0 radical (unpaired) electrons. The number of hydrogen-bond acceptors (Lipinski definition) is 2. The minimum atomic E-state index is -0.878. The molecule has 1 N–H and O–H groups in total. The van der Waals surface area contributed by atoms with Crippen molar-refractivity contribution in [3.63, 3.8) is 0 Å². The van der Waals surface area contributed by atoms with Crippen LogP contribution in [0, 0.1) is 5.92 Å². The van der Waals surface area contributed by atoms with Crippen molar-refractivity contribution in [2.24, 2.45) is 10.9 Å². The smallest absolute Gasteiger partial charge is 0.328 e. The molecule has 3 nitrogen and oxygen atoms in total. The first-order chi connectivity index (χ1) is 4.54.